The van der Waals surface area contributed by atoms with Gasteiger partial charge in [0.25, 0.3) is 0 Å². The van der Waals surface area contributed by atoms with E-state index in [-0.39, 0.29) is 17.4 Å². The number of hydrogen-bond acceptors (Lipinski definition) is 7. The van der Waals surface area contributed by atoms with Crippen LogP contribution in [0.2, 0.25) is 0 Å². The molecule has 0 aliphatic rings. The summed E-state index contributed by atoms with van der Waals surface area (Å²) < 4.78 is 5.81. The summed E-state index contributed by atoms with van der Waals surface area (Å²) in [5.41, 5.74) is 0.213. The lowest BCUT2D eigenvalue weighted by Gasteiger charge is -2.10. The van der Waals surface area contributed by atoms with E-state index < -0.39 is 4.92 Å². The summed E-state index contributed by atoms with van der Waals surface area (Å²) >= 11 is 0. The summed E-state index contributed by atoms with van der Waals surface area (Å²) in [6, 6.07) is 16.5. The number of pyridine rings is 1. The van der Waals surface area contributed by atoms with Crippen LogP contribution in [-0.2, 0) is 0 Å². The van der Waals surface area contributed by atoms with E-state index in [1.165, 1.54) is 12.5 Å². The summed E-state index contributed by atoms with van der Waals surface area (Å²) in [5, 5.41) is 16.3. The molecule has 4 aromatic rings. The van der Waals surface area contributed by atoms with Crippen molar-refractivity contribution in [1.29, 1.82) is 0 Å². The molecular weight excluding hydrogens is 346 g/mol. The molecule has 0 saturated heterocycles. The molecule has 4 rings (SSSR count). The third-order valence-electron chi connectivity index (χ3n) is 3.85. The Balaban J connectivity index is 1.76. The number of anilines is 2. The Bertz CT molecular complexity index is 1110. The van der Waals surface area contributed by atoms with Crippen molar-refractivity contribution in [2.24, 2.45) is 0 Å². The Kier molecular flexibility index (Phi) is 4.28. The number of hydrogen-bond donors (Lipinski definition) is 1. The van der Waals surface area contributed by atoms with Crippen LogP contribution < -0.4 is 10.1 Å². The van der Waals surface area contributed by atoms with Gasteiger partial charge in [0.2, 0.25) is 5.82 Å². The second-order valence-corrected chi connectivity index (χ2v) is 5.58. The van der Waals surface area contributed by atoms with Crippen molar-refractivity contribution in [3.63, 3.8) is 0 Å². The maximum absolute atomic E-state index is 11.7. The number of nitrogens with zero attached hydrogens (tertiary/aromatic N) is 4. The normalized spacial score (nSPS) is 10.5. The molecule has 0 bridgehead atoms. The molecule has 2 aromatic heterocycles. The molecule has 8 heteroatoms. The minimum atomic E-state index is -0.570. The average molecular weight is 359 g/mol. The van der Waals surface area contributed by atoms with Crippen LogP contribution in [0.25, 0.3) is 10.8 Å². The first-order chi connectivity index (χ1) is 13.2. The van der Waals surface area contributed by atoms with Gasteiger partial charge in [-0.05, 0) is 23.6 Å². The van der Waals surface area contributed by atoms with Gasteiger partial charge in [-0.15, -0.1) is 0 Å². The van der Waals surface area contributed by atoms with E-state index in [9.17, 15) is 10.1 Å². The SMILES string of the molecule is O=[N+]([O-])c1c(Nc2cccnc2)ncnc1Oc1cccc2ccccc12. The summed E-state index contributed by atoms with van der Waals surface area (Å²) in [7, 11) is 0. The highest BCUT2D eigenvalue weighted by Crippen LogP contribution is 2.37. The standard InChI is InChI=1S/C19H13N5O3/c25-24(26)17-18(23-14-7-4-10-20-11-14)21-12-22-19(17)27-16-9-3-6-13-5-1-2-8-15(13)16/h1-12H,(H,21,22,23). The lowest BCUT2D eigenvalue weighted by atomic mass is 10.1. The van der Waals surface area contributed by atoms with Crippen LogP contribution in [0, 0.1) is 10.1 Å². The Morgan fingerprint density at radius 1 is 1.00 bits per heavy atom. The van der Waals surface area contributed by atoms with Gasteiger partial charge in [0.1, 0.15) is 12.1 Å². The van der Waals surface area contributed by atoms with Gasteiger partial charge in [0, 0.05) is 11.6 Å². The molecule has 8 nitrogen and oxygen atoms in total. The molecule has 0 unspecified atom stereocenters. The van der Waals surface area contributed by atoms with Crippen LogP contribution in [0.1, 0.15) is 0 Å². The highest BCUT2D eigenvalue weighted by Gasteiger charge is 2.25. The van der Waals surface area contributed by atoms with Gasteiger partial charge >= 0.3 is 11.6 Å². The third-order valence-corrected chi connectivity index (χ3v) is 3.85. The number of benzene rings is 2. The Hall–Kier alpha value is -4.07. The van der Waals surface area contributed by atoms with Crippen molar-refractivity contribution in [2.45, 2.75) is 0 Å². The number of rotatable bonds is 5. The zero-order valence-corrected chi connectivity index (χ0v) is 13.9. The first-order valence-corrected chi connectivity index (χ1v) is 8.04. The molecule has 27 heavy (non-hydrogen) atoms. The fourth-order valence-electron chi connectivity index (χ4n) is 2.66. The van der Waals surface area contributed by atoms with Crippen LogP contribution in [0.15, 0.2) is 73.3 Å². The van der Waals surface area contributed by atoms with E-state index in [2.05, 4.69) is 20.3 Å². The molecule has 0 amide bonds. The number of nitrogens with one attached hydrogen (secondary N) is 1. The predicted octanol–water partition coefficient (Wildman–Crippen LogP) is 4.47. The molecule has 0 spiro atoms. The van der Waals surface area contributed by atoms with Gasteiger partial charge in [0.15, 0.2) is 0 Å². The van der Waals surface area contributed by atoms with Crippen molar-refractivity contribution in [3.8, 4) is 11.6 Å². The number of fused-ring (bicyclic) bond motifs is 1. The minimum Gasteiger partial charge on any atom is -0.433 e. The second kappa shape index (κ2) is 7.04. The van der Waals surface area contributed by atoms with Crippen molar-refractivity contribution < 1.29 is 9.66 Å². The highest BCUT2D eigenvalue weighted by atomic mass is 16.6. The zero-order chi connectivity index (χ0) is 18.6. The van der Waals surface area contributed by atoms with Crippen LogP contribution in [0.4, 0.5) is 17.2 Å². The maximum atomic E-state index is 11.7. The quantitative estimate of drug-likeness (QED) is 0.414. The number of nitro groups is 1. The fraction of sp³-hybridized carbons (Fsp3) is 0. The van der Waals surface area contributed by atoms with Gasteiger partial charge in [-0.1, -0.05) is 36.4 Å². The van der Waals surface area contributed by atoms with Crippen molar-refractivity contribution >= 4 is 28.0 Å². The fourth-order valence-corrected chi connectivity index (χ4v) is 2.66. The first kappa shape index (κ1) is 16.4. The molecule has 0 radical (unpaired) electrons. The van der Waals surface area contributed by atoms with Gasteiger partial charge < -0.3 is 10.1 Å². The summed E-state index contributed by atoms with van der Waals surface area (Å²) in [6.07, 6.45) is 4.36. The topological polar surface area (TPSA) is 103 Å². The van der Waals surface area contributed by atoms with Gasteiger partial charge in [0.05, 0.1) is 16.8 Å². The minimum absolute atomic E-state index is 0.0261. The molecule has 2 heterocycles. The monoisotopic (exact) mass is 359 g/mol. The van der Waals surface area contributed by atoms with E-state index in [1.54, 1.807) is 24.4 Å². The lowest BCUT2D eigenvalue weighted by Crippen LogP contribution is -2.03. The molecule has 132 valence electrons. The van der Waals surface area contributed by atoms with E-state index in [0.29, 0.717) is 11.4 Å². The lowest BCUT2D eigenvalue weighted by molar-refractivity contribution is -0.385. The van der Waals surface area contributed by atoms with Gasteiger partial charge in [-0.2, -0.15) is 4.98 Å². The molecule has 0 atom stereocenters. The van der Waals surface area contributed by atoms with Crippen LogP contribution >= 0.6 is 0 Å². The summed E-state index contributed by atoms with van der Waals surface area (Å²) in [6.45, 7) is 0. The van der Waals surface area contributed by atoms with Crippen LogP contribution in [0.3, 0.4) is 0 Å². The maximum Gasteiger partial charge on any atom is 0.373 e. The smallest absolute Gasteiger partial charge is 0.373 e. The van der Waals surface area contributed by atoms with E-state index in [1.807, 2.05) is 36.4 Å². The second-order valence-electron chi connectivity index (χ2n) is 5.58. The number of ether oxygens (including phenoxy) is 1. The van der Waals surface area contributed by atoms with Gasteiger partial charge in [-0.25, -0.2) is 4.98 Å². The van der Waals surface area contributed by atoms with Crippen molar-refractivity contribution in [1.82, 2.24) is 15.0 Å². The molecule has 2 aromatic carbocycles. The average Bonchev–Trinajstić information content (AvgIpc) is 2.69. The van der Waals surface area contributed by atoms with Crippen LogP contribution in [0.5, 0.6) is 11.6 Å². The zero-order valence-electron chi connectivity index (χ0n) is 13.9. The van der Waals surface area contributed by atoms with E-state index >= 15 is 0 Å². The Morgan fingerprint density at radius 2 is 1.85 bits per heavy atom. The van der Waals surface area contributed by atoms with E-state index in [0.717, 1.165) is 10.8 Å². The molecule has 0 aliphatic heterocycles. The third kappa shape index (κ3) is 3.36. The Labute approximate surface area is 153 Å². The highest BCUT2D eigenvalue weighted by molar-refractivity contribution is 5.88. The first-order valence-electron chi connectivity index (χ1n) is 8.04. The molecule has 1 N–H and O–H groups in total. The molecule has 0 aliphatic carbocycles. The molecule has 0 fully saturated rings. The summed E-state index contributed by atoms with van der Waals surface area (Å²) in [4.78, 5) is 23.0. The van der Waals surface area contributed by atoms with Crippen LogP contribution in [-0.4, -0.2) is 19.9 Å². The van der Waals surface area contributed by atoms with Crippen molar-refractivity contribution in [3.05, 3.63) is 83.4 Å². The molecular formula is C19H13N5O3. The van der Waals surface area contributed by atoms with Crippen molar-refractivity contribution in [2.75, 3.05) is 5.32 Å². The largest absolute Gasteiger partial charge is 0.433 e. The predicted molar refractivity (Wildman–Crippen MR) is 100 cm³/mol. The number of aromatic nitrogens is 3. The summed E-state index contributed by atoms with van der Waals surface area (Å²) in [5.74, 6) is 0.359. The van der Waals surface area contributed by atoms with Gasteiger partial charge in [-0.3, -0.25) is 15.1 Å². The Morgan fingerprint density at radius 3 is 2.67 bits per heavy atom. The molecule has 0 saturated carbocycles. The van der Waals surface area contributed by atoms with E-state index in [4.69, 9.17) is 4.74 Å².